The van der Waals surface area contributed by atoms with E-state index in [2.05, 4.69) is 36.7 Å². The highest BCUT2D eigenvalue weighted by atomic mass is 32.2. The van der Waals surface area contributed by atoms with Crippen LogP contribution in [0.4, 0.5) is 10.1 Å². The average molecular weight is 470 g/mol. The molecule has 0 aliphatic heterocycles. The molecular formula is C25H16FN5O2S. The molecule has 0 aliphatic rings. The van der Waals surface area contributed by atoms with E-state index in [1.165, 1.54) is 30.6 Å². The van der Waals surface area contributed by atoms with Crippen molar-refractivity contribution in [3.8, 4) is 23.1 Å². The van der Waals surface area contributed by atoms with Gasteiger partial charge in [-0.15, -0.1) is 0 Å². The van der Waals surface area contributed by atoms with Crippen molar-refractivity contribution >= 4 is 26.7 Å². The zero-order chi connectivity index (χ0) is 23.5. The summed E-state index contributed by atoms with van der Waals surface area (Å²) in [7, 11) is -3.75. The SMILES string of the molecule is O=S(=O)(Nc1cccc(C#Cc2cnc3n[nH]c(-c4ccc(F)cc4)c3c2)c1)c1cccnc1. The number of halogens is 1. The minimum absolute atomic E-state index is 0.0722. The van der Waals surface area contributed by atoms with Crippen LogP contribution in [0.3, 0.4) is 0 Å². The van der Waals surface area contributed by atoms with Gasteiger partial charge in [0.1, 0.15) is 10.7 Å². The van der Waals surface area contributed by atoms with Gasteiger partial charge < -0.3 is 0 Å². The van der Waals surface area contributed by atoms with Crippen molar-refractivity contribution < 1.29 is 12.8 Å². The first-order valence-corrected chi connectivity index (χ1v) is 11.6. The maximum atomic E-state index is 13.3. The molecule has 166 valence electrons. The van der Waals surface area contributed by atoms with E-state index in [9.17, 15) is 12.8 Å². The second-order valence-corrected chi connectivity index (χ2v) is 9.01. The zero-order valence-electron chi connectivity index (χ0n) is 17.5. The van der Waals surface area contributed by atoms with Crippen LogP contribution >= 0.6 is 0 Å². The molecule has 5 aromatic rings. The first kappa shape index (κ1) is 21.3. The largest absolute Gasteiger partial charge is 0.280 e. The topological polar surface area (TPSA) is 101 Å². The fourth-order valence-electron chi connectivity index (χ4n) is 3.33. The molecule has 0 fully saturated rings. The summed E-state index contributed by atoms with van der Waals surface area (Å²) >= 11 is 0. The number of aromatic nitrogens is 4. The lowest BCUT2D eigenvalue weighted by Crippen LogP contribution is -2.13. The van der Waals surface area contributed by atoms with Crippen LogP contribution in [0.5, 0.6) is 0 Å². The Labute approximate surface area is 194 Å². The number of benzene rings is 2. The minimum Gasteiger partial charge on any atom is -0.280 e. The molecule has 0 aliphatic carbocycles. The van der Waals surface area contributed by atoms with Gasteiger partial charge in [0.2, 0.25) is 0 Å². The van der Waals surface area contributed by atoms with Crippen LogP contribution < -0.4 is 4.72 Å². The van der Waals surface area contributed by atoms with Gasteiger partial charge in [-0.1, -0.05) is 17.9 Å². The smallest absolute Gasteiger partial charge is 0.263 e. The van der Waals surface area contributed by atoms with Crippen LogP contribution in [0.15, 0.2) is 90.2 Å². The van der Waals surface area contributed by atoms with E-state index in [0.717, 1.165) is 16.6 Å². The molecule has 2 N–H and O–H groups in total. The number of nitrogens with one attached hydrogen (secondary N) is 2. The third-order valence-electron chi connectivity index (χ3n) is 4.95. The predicted molar refractivity (Wildman–Crippen MR) is 127 cm³/mol. The van der Waals surface area contributed by atoms with E-state index in [1.54, 1.807) is 48.7 Å². The molecule has 9 heteroatoms. The fraction of sp³-hybridized carbons (Fsp3) is 0. The lowest BCUT2D eigenvalue weighted by molar-refractivity contribution is 0.601. The molecule has 0 amide bonds. The highest BCUT2D eigenvalue weighted by Crippen LogP contribution is 2.26. The van der Waals surface area contributed by atoms with Crippen LogP contribution in [0.25, 0.3) is 22.3 Å². The van der Waals surface area contributed by atoms with Crippen LogP contribution in [0.1, 0.15) is 11.1 Å². The number of aromatic amines is 1. The van der Waals surface area contributed by atoms with Crippen LogP contribution in [0, 0.1) is 17.7 Å². The van der Waals surface area contributed by atoms with Gasteiger partial charge in [-0.2, -0.15) is 5.10 Å². The predicted octanol–water partition coefficient (Wildman–Crippen LogP) is 4.36. The second-order valence-electron chi connectivity index (χ2n) is 7.33. The highest BCUT2D eigenvalue weighted by molar-refractivity contribution is 7.92. The molecule has 0 saturated carbocycles. The average Bonchev–Trinajstić information content (AvgIpc) is 3.27. The maximum Gasteiger partial charge on any atom is 0.263 e. The molecule has 0 atom stereocenters. The Hall–Kier alpha value is -4.55. The summed E-state index contributed by atoms with van der Waals surface area (Å²) in [6.07, 6.45) is 4.40. The van der Waals surface area contributed by atoms with Crippen LogP contribution in [-0.4, -0.2) is 28.6 Å². The summed E-state index contributed by atoms with van der Waals surface area (Å²) in [5.41, 5.74) is 3.69. The van der Waals surface area contributed by atoms with Crippen molar-refractivity contribution in [1.29, 1.82) is 0 Å². The number of fused-ring (bicyclic) bond motifs is 1. The minimum atomic E-state index is -3.75. The third kappa shape index (κ3) is 4.48. The summed E-state index contributed by atoms with van der Waals surface area (Å²) in [6, 6.07) is 17.8. The Morgan fingerprint density at radius 1 is 0.912 bits per heavy atom. The Bertz CT molecular complexity index is 1650. The Kier molecular flexibility index (Phi) is 5.49. The van der Waals surface area contributed by atoms with Gasteiger partial charge >= 0.3 is 0 Å². The van der Waals surface area contributed by atoms with Crippen molar-refractivity contribution in [2.45, 2.75) is 4.90 Å². The molecule has 5 rings (SSSR count). The number of hydrogen-bond donors (Lipinski definition) is 2. The van der Waals surface area contributed by atoms with Crippen molar-refractivity contribution in [2.24, 2.45) is 0 Å². The summed E-state index contributed by atoms with van der Waals surface area (Å²) in [5, 5.41) is 7.90. The standard InChI is InChI=1S/C25H16FN5O2S/c26-20-10-8-19(9-11-20)24-23-14-18(15-28-25(23)30-29-24)7-6-17-3-1-4-21(13-17)31-34(32,33)22-5-2-12-27-16-22/h1-5,8-16,31H,(H,28,29,30). The fourth-order valence-corrected chi connectivity index (χ4v) is 4.34. The van der Waals surface area contributed by atoms with Gasteiger partial charge in [0.15, 0.2) is 5.65 Å². The molecular weight excluding hydrogens is 453 g/mol. The number of rotatable bonds is 4. The van der Waals surface area contributed by atoms with Gasteiger partial charge in [0, 0.05) is 40.7 Å². The first-order valence-electron chi connectivity index (χ1n) is 10.1. The van der Waals surface area contributed by atoms with E-state index < -0.39 is 10.0 Å². The second kappa shape index (κ2) is 8.77. The molecule has 0 bridgehead atoms. The number of sulfonamides is 1. The molecule has 0 saturated heterocycles. The van der Waals surface area contributed by atoms with Crippen molar-refractivity contribution in [3.63, 3.8) is 0 Å². The quantitative estimate of drug-likeness (QED) is 0.381. The van der Waals surface area contributed by atoms with Crippen LogP contribution in [-0.2, 0) is 10.0 Å². The van der Waals surface area contributed by atoms with E-state index in [4.69, 9.17) is 0 Å². The summed E-state index contributed by atoms with van der Waals surface area (Å²) < 4.78 is 40.9. The Morgan fingerprint density at radius 3 is 2.53 bits per heavy atom. The molecule has 2 aromatic carbocycles. The number of pyridine rings is 2. The first-order chi connectivity index (χ1) is 16.5. The van der Waals surface area contributed by atoms with E-state index in [0.29, 0.717) is 22.5 Å². The van der Waals surface area contributed by atoms with Crippen LogP contribution in [0.2, 0.25) is 0 Å². The molecule has 34 heavy (non-hydrogen) atoms. The molecule has 3 aromatic heterocycles. The Morgan fingerprint density at radius 2 is 1.74 bits per heavy atom. The monoisotopic (exact) mass is 469 g/mol. The molecule has 0 unspecified atom stereocenters. The normalized spacial score (nSPS) is 11.1. The maximum absolute atomic E-state index is 13.3. The molecule has 3 heterocycles. The summed E-state index contributed by atoms with van der Waals surface area (Å²) in [5.74, 6) is 5.77. The van der Waals surface area contributed by atoms with Crippen molar-refractivity contribution in [3.05, 3.63) is 102 Å². The summed E-state index contributed by atoms with van der Waals surface area (Å²) in [4.78, 5) is 8.26. The highest BCUT2D eigenvalue weighted by Gasteiger charge is 2.14. The number of hydrogen-bond acceptors (Lipinski definition) is 5. The third-order valence-corrected chi connectivity index (χ3v) is 6.32. The lowest BCUT2D eigenvalue weighted by atomic mass is 10.1. The number of nitrogens with zero attached hydrogens (tertiary/aromatic N) is 3. The van der Waals surface area contributed by atoms with E-state index >= 15 is 0 Å². The van der Waals surface area contributed by atoms with Crippen molar-refractivity contribution in [1.82, 2.24) is 20.2 Å². The van der Waals surface area contributed by atoms with Gasteiger partial charge in [0.05, 0.1) is 11.4 Å². The molecule has 0 radical (unpaired) electrons. The molecule has 0 spiro atoms. The van der Waals surface area contributed by atoms with Gasteiger partial charge in [-0.3, -0.25) is 14.8 Å². The molecule has 7 nitrogen and oxygen atoms in total. The Balaban J connectivity index is 1.42. The van der Waals surface area contributed by atoms with Gasteiger partial charge in [-0.25, -0.2) is 17.8 Å². The van der Waals surface area contributed by atoms with E-state index in [1.807, 2.05) is 6.07 Å². The number of anilines is 1. The van der Waals surface area contributed by atoms with E-state index in [-0.39, 0.29) is 10.7 Å². The van der Waals surface area contributed by atoms with Crippen molar-refractivity contribution in [2.75, 3.05) is 4.72 Å². The van der Waals surface area contributed by atoms with Gasteiger partial charge in [-0.05, 0) is 60.7 Å². The zero-order valence-corrected chi connectivity index (χ0v) is 18.3. The number of H-pyrrole nitrogens is 1. The summed E-state index contributed by atoms with van der Waals surface area (Å²) in [6.45, 7) is 0. The van der Waals surface area contributed by atoms with Gasteiger partial charge in [0.25, 0.3) is 10.0 Å². The lowest BCUT2D eigenvalue weighted by Gasteiger charge is -2.07.